The number of aromatic hydroxyl groups is 1. The van der Waals surface area contributed by atoms with E-state index in [2.05, 4.69) is 5.32 Å². The van der Waals surface area contributed by atoms with E-state index in [4.69, 9.17) is 9.47 Å². The minimum Gasteiger partial charge on any atom is -0.508 e. The van der Waals surface area contributed by atoms with Gasteiger partial charge in [-0.25, -0.2) is 4.79 Å². The summed E-state index contributed by atoms with van der Waals surface area (Å²) in [6.45, 7) is 7.35. The van der Waals surface area contributed by atoms with Crippen molar-refractivity contribution >= 4 is 17.7 Å². The largest absolute Gasteiger partial charge is 0.508 e. The lowest BCUT2D eigenvalue weighted by Crippen LogP contribution is -2.43. The van der Waals surface area contributed by atoms with Crippen LogP contribution >= 0.6 is 0 Å². The number of phenolic OH excluding ortho intramolecular Hbond substituents is 1. The first-order chi connectivity index (χ1) is 14.7. The van der Waals surface area contributed by atoms with Gasteiger partial charge in [-0.2, -0.15) is 0 Å². The van der Waals surface area contributed by atoms with Gasteiger partial charge in [-0.3, -0.25) is 9.59 Å². The highest BCUT2D eigenvalue weighted by molar-refractivity contribution is 6.12. The van der Waals surface area contributed by atoms with E-state index >= 15 is 0 Å². The van der Waals surface area contributed by atoms with E-state index in [0.717, 1.165) is 0 Å². The molecule has 0 bridgehead atoms. The number of ether oxygens (including phenoxy) is 2. The van der Waals surface area contributed by atoms with Gasteiger partial charge in [-0.05, 0) is 50.3 Å². The molecule has 0 amide bonds. The van der Waals surface area contributed by atoms with Gasteiger partial charge in [0.2, 0.25) is 0 Å². The maximum Gasteiger partial charge on any atom is 0.337 e. The zero-order valence-corrected chi connectivity index (χ0v) is 18.5. The lowest BCUT2D eigenvalue weighted by molar-refractivity contribution is -0.151. The van der Waals surface area contributed by atoms with Crippen molar-refractivity contribution in [2.75, 3.05) is 7.11 Å². The second-order valence-electron chi connectivity index (χ2n) is 8.25. The summed E-state index contributed by atoms with van der Waals surface area (Å²) >= 11 is 0. The summed E-state index contributed by atoms with van der Waals surface area (Å²) in [6.07, 6.45) is 0.846. The summed E-state index contributed by atoms with van der Waals surface area (Å²) in [5, 5.41) is 13.0. The number of allylic oxidation sites excluding steroid dienone is 3. The van der Waals surface area contributed by atoms with Crippen molar-refractivity contribution < 1.29 is 29.0 Å². The molecule has 1 aliphatic carbocycles. The molecule has 1 aromatic rings. The van der Waals surface area contributed by atoms with Crippen LogP contribution in [-0.4, -0.2) is 36.0 Å². The zero-order valence-electron chi connectivity index (χ0n) is 18.5. The molecule has 166 valence electrons. The van der Waals surface area contributed by atoms with Gasteiger partial charge in [0.05, 0.1) is 18.8 Å². The Morgan fingerprint density at radius 3 is 2.48 bits per heavy atom. The smallest absolute Gasteiger partial charge is 0.337 e. The highest BCUT2D eigenvalue weighted by Crippen LogP contribution is 2.45. The number of esters is 2. The molecule has 31 heavy (non-hydrogen) atoms. The first kappa shape index (κ1) is 22.6. The topological polar surface area (TPSA) is 102 Å². The second kappa shape index (κ2) is 8.96. The minimum absolute atomic E-state index is 0.0763. The van der Waals surface area contributed by atoms with Crippen LogP contribution in [0.5, 0.6) is 5.75 Å². The number of benzene rings is 1. The zero-order chi connectivity index (χ0) is 22.9. The van der Waals surface area contributed by atoms with E-state index in [1.807, 2.05) is 20.8 Å². The van der Waals surface area contributed by atoms with Gasteiger partial charge >= 0.3 is 11.9 Å². The summed E-state index contributed by atoms with van der Waals surface area (Å²) in [5.41, 5.74) is 2.68. The third-order valence-corrected chi connectivity index (χ3v) is 6.07. The van der Waals surface area contributed by atoms with Crippen molar-refractivity contribution in [1.29, 1.82) is 0 Å². The van der Waals surface area contributed by atoms with Gasteiger partial charge in [-0.1, -0.05) is 26.0 Å². The number of hydrogen-bond acceptors (Lipinski definition) is 7. The van der Waals surface area contributed by atoms with E-state index in [0.29, 0.717) is 40.9 Å². The lowest BCUT2D eigenvalue weighted by Gasteiger charge is -2.38. The van der Waals surface area contributed by atoms with Crippen LogP contribution in [0.2, 0.25) is 0 Å². The highest BCUT2D eigenvalue weighted by atomic mass is 16.5. The summed E-state index contributed by atoms with van der Waals surface area (Å²) in [4.78, 5) is 39.1. The molecule has 0 saturated carbocycles. The van der Waals surface area contributed by atoms with E-state index in [1.165, 1.54) is 19.2 Å². The van der Waals surface area contributed by atoms with Crippen molar-refractivity contribution in [2.24, 2.45) is 11.8 Å². The molecule has 1 aliphatic heterocycles. The normalized spacial score (nSPS) is 24.3. The predicted molar refractivity (Wildman–Crippen MR) is 114 cm³/mol. The SMILES string of the molecule is CC[C@H](C)OC(=O)C1=C(C)NC2=C(C(=O)[C@H](C(=O)OC)[C@@H](C)C2)[C@@H]1c1ccc(O)cc1. The first-order valence-electron chi connectivity index (χ1n) is 10.5. The Labute approximate surface area is 182 Å². The Kier molecular flexibility index (Phi) is 6.53. The van der Waals surface area contributed by atoms with E-state index in [-0.39, 0.29) is 23.6 Å². The summed E-state index contributed by atoms with van der Waals surface area (Å²) < 4.78 is 10.5. The average Bonchev–Trinajstić information content (AvgIpc) is 2.72. The Morgan fingerprint density at radius 1 is 1.26 bits per heavy atom. The van der Waals surface area contributed by atoms with Crippen LogP contribution in [0, 0.1) is 11.8 Å². The number of nitrogens with one attached hydrogen (secondary N) is 1. The van der Waals surface area contributed by atoms with Crippen LogP contribution < -0.4 is 5.32 Å². The first-order valence-corrected chi connectivity index (χ1v) is 10.5. The number of rotatable bonds is 5. The maximum atomic E-state index is 13.6. The molecule has 2 N–H and O–H groups in total. The number of hydrogen-bond donors (Lipinski definition) is 2. The molecule has 0 saturated heterocycles. The molecule has 0 unspecified atom stereocenters. The quantitative estimate of drug-likeness (QED) is 0.549. The van der Waals surface area contributed by atoms with E-state index < -0.39 is 23.8 Å². The van der Waals surface area contributed by atoms with Crippen molar-refractivity contribution in [3.05, 3.63) is 52.4 Å². The Bertz CT molecular complexity index is 959. The van der Waals surface area contributed by atoms with Gasteiger partial charge in [0.1, 0.15) is 11.7 Å². The van der Waals surface area contributed by atoms with Crippen molar-refractivity contribution in [2.45, 2.75) is 52.6 Å². The van der Waals surface area contributed by atoms with Gasteiger partial charge in [0, 0.05) is 22.9 Å². The Morgan fingerprint density at radius 2 is 1.90 bits per heavy atom. The van der Waals surface area contributed by atoms with E-state index in [1.54, 1.807) is 19.1 Å². The fourth-order valence-corrected chi connectivity index (χ4v) is 4.28. The van der Waals surface area contributed by atoms with Gasteiger partial charge in [-0.15, -0.1) is 0 Å². The average molecular weight is 427 g/mol. The lowest BCUT2D eigenvalue weighted by atomic mass is 9.69. The number of Topliss-reactive ketones (excluding diaryl/α,β-unsaturated/α-hetero) is 1. The third kappa shape index (κ3) is 4.22. The molecule has 1 heterocycles. The summed E-state index contributed by atoms with van der Waals surface area (Å²) in [7, 11) is 1.27. The monoisotopic (exact) mass is 427 g/mol. The highest BCUT2D eigenvalue weighted by Gasteiger charge is 2.47. The molecule has 1 aromatic carbocycles. The van der Waals surface area contributed by atoms with Gasteiger partial charge in [0.15, 0.2) is 5.78 Å². The van der Waals surface area contributed by atoms with E-state index in [9.17, 15) is 19.5 Å². The molecule has 2 aliphatic rings. The molecule has 0 spiro atoms. The molecule has 0 radical (unpaired) electrons. The fraction of sp³-hybridized carbons (Fsp3) is 0.458. The number of phenols is 1. The van der Waals surface area contributed by atoms with Crippen LogP contribution in [0.4, 0.5) is 0 Å². The minimum atomic E-state index is -0.935. The van der Waals surface area contributed by atoms with Gasteiger partial charge < -0.3 is 19.9 Å². The Hall–Kier alpha value is -3.09. The van der Waals surface area contributed by atoms with Crippen LogP contribution in [0.25, 0.3) is 0 Å². The molecule has 7 nitrogen and oxygen atoms in total. The predicted octanol–water partition coefficient (Wildman–Crippen LogP) is 3.35. The second-order valence-corrected chi connectivity index (χ2v) is 8.25. The van der Waals surface area contributed by atoms with Crippen LogP contribution in [-0.2, 0) is 23.9 Å². The molecular formula is C24H29NO6. The third-order valence-electron chi connectivity index (χ3n) is 6.07. The van der Waals surface area contributed by atoms with Crippen LogP contribution in [0.15, 0.2) is 46.8 Å². The maximum absolute atomic E-state index is 13.6. The van der Waals surface area contributed by atoms with Crippen molar-refractivity contribution in [3.8, 4) is 5.75 Å². The van der Waals surface area contributed by atoms with Crippen molar-refractivity contribution in [3.63, 3.8) is 0 Å². The van der Waals surface area contributed by atoms with Crippen LogP contribution in [0.3, 0.4) is 0 Å². The van der Waals surface area contributed by atoms with Gasteiger partial charge in [0.25, 0.3) is 0 Å². The number of ketones is 1. The van der Waals surface area contributed by atoms with Crippen LogP contribution in [0.1, 0.15) is 52.0 Å². The van der Waals surface area contributed by atoms with Crippen molar-refractivity contribution in [1.82, 2.24) is 5.32 Å². The molecule has 3 rings (SSSR count). The number of methoxy groups -OCH3 is 1. The summed E-state index contributed by atoms with van der Waals surface area (Å²) in [5.74, 6) is -3.25. The molecule has 7 heteroatoms. The molecular weight excluding hydrogens is 398 g/mol. The standard InChI is InChI=1S/C24H29NO6/c1-6-13(3)31-24(29)19-14(4)25-17-11-12(2)18(23(28)30-5)22(27)21(17)20(19)15-7-9-16(26)10-8-15/h7-10,12-13,18,20,25-26H,6,11H2,1-5H3/t12-,13-,18+,20+/m0/s1. The fourth-order valence-electron chi connectivity index (χ4n) is 4.28. The number of carbonyl (C=O) groups excluding carboxylic acids is 3. The number of dihydropyridines is 1. The molecule has 0 fully saturated rings. The number of carbonyl (C=O) groups is 3. The Balaban J connectivity index is 2.15. The molecule has 4 atom stereocenters. The molecule has 0 aromatic heterocycles. The summed E-state index contributed by atoms with van der Waals surface area (Å²) in [6, 6.07) is 6.38.